The highest BCUT2D eigenvalue weighted by molar-refractivity contribution is 7.89. The molecule has 3 aromatic rings. The fourth-order valence-electron chi connectivity index (χ4n) is 3.93. The highest BCUT2D eigenvalue weighted by Gasteiger charge is 2.27. The molecule has 0 bridgehead atoms. The maximum absolute atomic E-state index is 13.2. The molecule has 0 spiro atoms. The van der Waals surface area contributed by atoms with Crippen molar-refractivity contribution in [2.45, 2.75) is 62.8 Å². The molecule has 4 rings (SSSR count). The number of carbonyl (C=O) groups excluding carboxylic acids is 1. The number of methoxy groups -OCH3 is 1. The summed E-state index contributed by atoms with van der Waals surface area (Å²) in [7, 11) is -2.48. The molecule has 1 fully saturated rings. The summed E-state index contributed by atoms with van der Waals surface area (Å²) in [5.74, 6) is 0.347. The minimum absolute atomic E-state index is 0.0742. The molecular formula is C24H30N6O4S. The third-order valence-electron chi connectivity index (χ3n) is 5.85. The van der Waals surface area contributed by atoms with E-state index in [1.54, 1.807) is 24.5 Å². The molecular weight excluding hydrogens is 468 g/mol. The van der Waals surface area contributed by atoms with Crippen LogP contribution < -0.4 is 14.8 Å². The number of anilines is 1. The van der Waals surface area contributed by atoms with Gasteiger partial charge in [-0.15, -0.1) is 0 Å². The van der Waals surface area contributed by atoms with E-state index in [9.17, 15) is 13.2 Å². The predicted octanol–water partition coefficient (Wildman–Crippen LogP) is 3.44. The minimum atomic E-state index is -3.87. The van der Waals surface area contributed by atoms with Crippen LogP contribution in [0.5, 0.6) is 5.75 Å². The van der Waals surface area contributed by atoms with Gasteiger partial charge in [0, 0.05) is 35.5 Å². The van der Waals surface area contributed by atoms with Gasteiger partial charge in [0.05, 0.1) is 12.8 Å². The number of nitrogens with zero attached hydrogens (tertiary/aromatic N) is 4. The second kappa shape index (κ2) is 9.74. The molecule has 1 aliphatic rings. The monoisotopic (exact) mass is 498 g/mol. The number of benzene rings is 1. The van der Waals surface area contributed by atoms with Crippen molar-refractivity contribution in [3.8, 4) is 11.7 Å². The van der Waals surface area contributed by atoms with Gasteiger partial charge in [0.1, 0.15) is 16.5 Å². The largest absolute Gasteiger partial charge is 0.495 e. The fourth-order valence-corrected chi connectivity index (χ4v) is 5.43. The first kappa shape index (κ1) is 24.8. The van der Waals surface area contributed by atoms with Crippen LogP contribution in [-0.4, -0.2) is 47.2 Å². The Morgan fingerprint density at radius 2 is 1.80 bits per heavy atom. The molecule has 11 heteroatoms. The summed E-state index contributed by atoms with van der Waals surface area (Å²) in [5.41, 5.74) is 0.614. The molecule has 10 nitrogen and oxygen atoms in total. The Labute approximate surface area is 205 Å². The number of aromatic nitrogens is 4. The third kappa shape index (κ3) is 5.51. The summed E-state index contributed by atoms with van der Waals surface area (Å²) >= 11 is 0. The van der Waals surface area contributed by atoms with Gasteiger partial charge in [-0.05, 0) is 37.1 Å². The first-order chi connectivity index (χ1) is 16.6. The lowest BCUT2D eigenvalue weighted by Crippen LogP contribution is -2.33. The molecule has 1 aliphatic carbocycles. The molecule has 2 aromatic heterocycles. The van der Waals surface area contributed by atoms with Crippen LogP contribution in [0.25, 0.3) is 5.95 Å². The van der Waals surface area contributed by atoms with Crippen molar-refractivity contribution in [3.63, 3.8) is 0 Å². The zero-order valence-corrected chi connectivity index (χ0v) is 21.1. The van der Waals surface area contributed by atoms with Gasteiger partial charge in [0.25, 0.3) is 11.9 Å². The van der Waals surface area contributed by atoms with E-state index in [2.05, 4.69) is 25.1 Å². The average Bonchev–Trinajstić information content (AvgIpc) is 3.48. The van der Waals surface area contributed by atoms with E-state index >= 15 is 0 Å². The van der Waals surface area contributed by atoms with Crippen LogP contribution >= 0.6 is 0 Å². The number of hydrogen-bond donors (Lipinski definition) is 2. The van der Waals surface area contributed by atoms with Gasteiger partial charge in [-0.25, -0.2) is 23.1 Å². The van der Waals surface area contributed by atoms with Crippen LogP contribution in [0.15, 0.2) is 47.6 Å². The summed E-state index contributed by atoms with van der Waals surface area (Å²) in [5, 5.41) is 7.42. The molecule has 0 unspecified atom stereocenters. The van der Waals surface area contributed by atoms with Crippen molar-refractivity contribution in [1.29, 1.82) is 0 Å². The predicted molar refractivity (Wildman–Crippen MR) is 131 cm³/mol. The highest BCUT2D eigenvalue weighted by atomic mass is 32.2. The number of nitrogens with one attached hydrogen (secondary N) is 2. The number of amides is 1. The molecule has 0 saturated heterocycles. The molecule has 0 radical (unpaired) electrons. The van der Waals surface area contributed by atoms with Gasteiger partial charge in [0.2, 0.25) is 10.0 Å². The van der Waals surface area contributed by atoms with E-state index in [1.807, 2.05) is 20.8 Å². The highest BCUT2D eigenvalue weighted by Crippen LogP contribution is 2.29. The van der Waals surface area contributed by atoms with Crippen molar-refractivity contribution in [2.75, 3.05) is 12.4 Å². The van der Waals surface area contributed by atoms with Crippen LogP contribution in [0.1, 0.15) is 62.5 Å². The number of ether oxygens (including phenoxy) is 1. The molecule has 2 heterocycles. The van der Waals surface area contributed by atoms with E-state index in [-0.39, 0.29) is 27.7 Å². The topological polar surface area (TPSA) is 128 Å². The van der Waals surface area contributed by atoms with Gasteiger partial charge >= 0.3 is 0 Å². The van der Waals surface area contributed by atoms with Gasteiger partial charge in [0.15, 0.2) is 0 Å². The smallest absolute Gasteiger partial charge is 0.256 e. The maximum Gasteiger partial charge on any atom is 0.256 e. The maximum atomic E-state index is 13.2. The lowest BCUT2D eigenvalue weighted by molar-refractivity contribution is 0.102. The SMILES string of the molecule is COc1ccc(C(=O)Nc2cc(C(C)(C)C)nn2-c2ncccn2)cc1S(=O)(=O)NC1CCCC1. The first-order valence-corrected chi connectivity index (χ1v) is 13.0. The molecule has 35 heavy (non-hydrogen) atoms. The Bertz CT molecular complexity index is 1310. The van der Waals surface area contributed by atoms with E-state index in [1.165, 1.54) is 30.0 Å². The van der Waals surface area contributed by atoms with E-state index < -0.39 is 15.9 Å². The minimum Gasteiger partial charge on any atom is -0.495 e. The second-order valence-corrected chi connectivity index (χ2v) is 11.2. The Morgan fingerprint density at radius 3 is 2.43 bits per heavy atom. The van der Waals surface area contributed by atoms with Crippen LogP contribution in [0.4, 0.5) is 5.82 Å². The van der Waals surface area contributed by atoms with E-state index in [4.69, 9.17) is 4.74 Å². The molecule has 186 valence electrons. The molecule has 2 N–H and O–H groups in total. The summed E-state index contributed by atoms with van der Waals surface area (Å²) in [6.07, 6.45) is 6.74. The molecule has 0 atom stereocenters. The molecule has 1 aromatic carbocycles. The number of sulfonamides is 1. The second-order valence-electron chi connectivity index (χ2n) is 9.55. The quantitative estimate of drug-likeness (QED) is 0.511. The Hall–Kier alpha value is -3.31. The van der Waals surface area contributed by atoms with Crippen molar-refractivity contribution < 1.29 is 17.9 Å². The fraction of sp³-hybridized carbons (Fsp3) is 0.417. The van der Waals surface area contributed by atoms with Crippen molar-refractivity contribution in [3.05, 3.63) is 54.0 Å². The van der Waals surface area contributed by atoms with Gasteiger partial charge in [-0.1, -0.05) is 33.6 Å². The molecule has 1 amide bonds. The van der Waals surface area contributed by atoms with Crippen LogP contribution in [-0.2, 0) is 15.4 Å². The van der Waals surface area contributed by atoms with Crippen LogP contribution in [0, 0.1) is 0 Å². The number of carbonyl (C=O) groups is 1. The lowest BCUT2D eigenvalue weighted by Gasteiger charge is -2.16. The number of rotatable bonds is 7. The molecule has 1 saturated carbocycles. The lowest BCUT2D eigenvalue weighted by atomic mass is 9.92. The first-order valence-electron chi connectivity index (χ1n) is 11.5. The van der Waals surface area contributed by atoms with Crippen molar-refractivity contribution >= 4 is 21.7 Å². The summed E-state index contributed by atoms with van der Waals surface area (Å²) in [4.78, 5) is 21.6. The number of hydrogen-bond acceptors (Lipinski definition) is 7. The summed E-state index contributed by atoms with van der Waals surface area (Å²) < 4.78 is 35.7. The Morgan fingerprint density at radius 1 is 1.11 bits per heavy atom. The Kier molecular flexibility index (Phi) is 6.91. The van der Waals surface area contributed by atoms with E-state index in [0.29, 0.717) is 11.8 Å². The van der Waals surface area contributed by atoms with Gasteiger partial charge in [-0.3, -0.25) is 4.79 Å². The van der Waals surface area contributed by atoms with Crippen molar-refractivity contribution in [2.24, 2.45) is 0 Å². The zero-order chi connectivity index (χ0) is 25.2. The Balaban J connectivity index is 1.67. The van der Waals surface area contributed by atoms with Crippen LogP contribution in [0.2, 0.25) is 0 Å². The zero-order valence-electron chi connectivity index (χ0n) is 20.3. The normalized spacial score (nSPS) is 14.7. The van der Waals surface area contributed by atoms with E-state index in [0.717, 1.165) is 31.4 Å². The molecule has 0 aliphatic heterocycles. The van der Waals surface area contributed by atoms with Crippen LogP contribution in [0.3, 0.4) is 0 Å². The standard InChI is InChI=1S/C24H30N6O4S/c1-24(2,3)20-15-21(30(28-20)23-25-12-7-13-26-23)27-22(31)16-10-11-18(34-4)19(14-16)35(32,33)29-17-8-5-6-9-17/h7,10-15,17,29H,5-6,8-9H2,1-4H3,(H,27,31). The summed E-state index contributed by atoms with van der Waals surface area (Å²) in [6.45, 7) is 6.03. The van der Waals surface area contributed by atoms with Crippen molar-refractivity contribution in [1.82, 2.24) is 24.5 Å². The van der Waals surface area contributed by atoms with Gasteiger partial charge < -0.3 is 10.1 Å². The third-order valence-corrected chi connectivity index (χ3v) is 7.39. The van der Waals surface area contributed by atoms with Gasteiger partial charge in [-0.2, -0.15) is 9.78 Å². The average molecular weight is 499 g/mol. The summed E-state index contributed by atoms with van der Waals surface area (Å²) in [6, 6.07) is 7.67.